The van der Waals surface area contributed by atoms with E-state index in [-0.39, 0.29) is 5.75 Å². The van der Waals surface area contributed by atoms with Gasteiger partial charge in [0.05, 0.1) is 7.11 Å². The van der Waals surface area contributed by atoms with Gasteiger partial charge in [-0.3, -0.25) is 4.79 Å². The number of carbonyl (C=O) groups is 1. The second-order valence-corrected chi connectivity index (χ2v) is 4.73. The number of anilines is 1. The molecule has 0 fully saturated rings. The van der Waals surface area contributed by atoms with Gasteiger partial charge in [0.15, 0.2) is 11.6 Å². The number of amides is 1. The molecule has 0 saturated heterocycles. The van der Waals surface area contributed by atoms with E-state index in [0.29, 0.717) is 11.3 Å². The fourth-order valence-electron chi connectivity index (χ4n) is 1.89. The van der Waals surface area contributed by atoms with Crippen molar-refractivity contribution in [3.63, 3.8) is 0 Å². The zero-order chi connectivity index (χ0) is 15.4. The number of nitrogens with one attached hydrogen (secondary N) is 1. The summed E-state index contributed by atoms with van der Waals surface area (Å²) in [5.74, 6) is -0.821. The zero-order valence-electron chi connectivity index (χ0n) is 11.9. The summed E-state index contributed by atoms with van der Waals surface area (Å²) in [5, 5.41) is 2.59. The van der Waals surface area contributed by atoms with Gasteiger partial charge in [-0.1, -0.05) is 29.8 Å². The van der Waals surface area contributed by atoms with Crippen LogP contribution in [0.15, 0.2) is 42.5 Å². The Hall–Kier alpha value is -2.40. The van der Waals surface area contributed by atoms with Crippen molar-refractivity contribution in [1.29, 1.82) is 0 Å². The molecule has 4 nitrogen and oxygen atoms in total. The summed E-state index contributed by atoms with van der Waals surface area (Å²) < 4.78 is 18.4. The minimum Gasteiger partial charge on any atom is -0.494 e. The lowest BCUT2D eigenvalue weighted by Gasteiger charge is -2.13. The molecule has 2 aromatic carbocycles. The minimum atomic E-state index is -0.809. The molecule has 2 aromatic rings. The van der Waals surface area contributed by atoms with Gasteiger partial charge in [-0.2, -0.15) is 0 Å². The number of methoxy groups -OCH3 is 1. The highest BCUT2D eigenvalue weighted by atomic mass is 19.1. The lowest BCUT2D eigenvalue weighted by Crippen LogP contribution is -2.27. The predicted molar refractivity (Wildman–Crippen MR) is 79.7 cm³/mol. The van der Waals surface area contributed by atoms with Crippen LogP contribution in [0.3, 0.4) is 0 Å². The Balaban J connectivity index is 2.10. The summed E-state index contributed by atoms with van der Waals surface area (Å²) in [6.07, 6.45) is 0. The van der Waals surface area contributed by atoms with Gasteiger partial charge in [-0.15, -0.1) is 0 Å². The Morgan fingerprint density at radius 3 is 2.48 bits per heavy atom. The van der Waals surface area contributed by atoms with Crippen LogP contribution in [-0.2, 0) is 4.79 Å². The number of ether oxygens (including phenoxy) is 1. The Morgan fingerprint density at radius 2 is 1.90 bits per heavy atom. The average Bonchev–Trinajstić information content (AvgIpc) is 2.47. The molecule has 0 spiro atoms. The highest BCUT2D eigenvalue weighted by Crippen LogP contribution is 2.21. The molecule has 0 bridgehead atoms. The molecule has 21 heavy (non-hydrogen) atoms. The Bertz CT molecular complexity index is 641. The van der Waals surface area contributed by atoms with E-state index >= 15 is 0 Å². The van der Waals surface area contributed by atoms with Crippen LogP contribution < -0.4 is 15.8 Å². The van der Waals surface area contributed by atoms with Crippen LogP contribution in [0.2, 0.25) is 0 Å². The Morgan fingerprint density at radius 1 is 1.24 bits per heavy atom. The molecular formula is C16H17FN2O2. The van der Waals surface area contributed by atoms with E-state index in [1.165, 1.54) is 19.2 Å². The summed E-state index contributed by atoms with van der Waals surface area (Å²) in [7, 11) is 1.38. The first kappa shape index (κ1) is 15.0. The number of carbonyl (C=O) groups excluding carboxylic acids is 1. The van der Waals surface area contributed by atoms with Gasteiger partial charge in [0.2, 0.25) is 5.91 Å². The number of hydrogen-bond acceptors (Lipinski definition) is 3. The molecule has 1 amide bonds. The molecule has 0 aliphatic rings. The maximum atomic E-state index is 13.6. The van der Waals surface area contributed by atoms with E-state index in [2.05, 4.69) is 5.32 Å². The van der Waals surface area contributed by atoms with E-state index in [1.54, 1.807) is 18.2 Å². The number of halogens is 1. The molecule has 0 aromatic heterocycles. The van der Waals surface area contributed by atoms with Crippen molar-refractivity contribution in [2.45, 2.75) is 13.0 Å². The summed E-state index contributed by atoms with van der Waals surface area (Å²) in [6, 6.07) is 10.8. The van der Waals surface area contributed by atoms with Crippen LogP contribution in [-0.4, -0.2) is 13.0 Å². The number of aryl methyl sites for hydroxylation is 1. The van der Waals surface area contributed by atoms with E-state index < -0.39 is 17.8 Å². The summed E-state index contributed by atoms with van der Waals surface area (Å²) >= 11 is 0. The smallest absolute Gasteiger partial charge is 0.245 e. The monoisotopic (exact) mass is 288 g/mol. The van der Waals surface area contributed by atoms with Crippen molar-refractivity contribution < 1.29 is 13.9 Å². The quantitative estimate of drug-likeness (QED) is 0.909. The van der Waals surface area contributed by atoms with Crippen LogP contribution >= 0.6 is 0 Å². The highest BCUT2D eigenvalue weighted by molar-refractivity contribution is 5.95. The molecule has 0 aliphatic carbocycles. The number of benzene rings is 2. The van der Waals surface area contributed by atoms with Crippen molar-refractivity contribution in [2.24, 2.45) is 5.73 Å². The topological polar surface area (TPSA) is 64.3 Å². The molecule has 110 valence electrons. The number of rotatable bonds is 4. The van der Waals surface area contributed by atoms with Crippen molar-refractivity contribution in [3.05, 3.63) is 59.4 Å². The van der Waals surface area contributed by atoms with Crippen LogP contribution in [0.4, 0.5) is 10.1 Å². The van der Waals surface area contributed by atoms with Crippen molar-refractivity contribution in [2.75, 3.05) is 12.4 Å². The zero-order valence-corrected chi connectivity index (χ0v) is 11.9. The van der Waals surface area contributed by atoms with E-state index in [1.807, 2.05) is 19.1 Å². The van der Waals surface area contributed by atoms with Crippen LogP contribution in [0.1, 0.15) is 17.2 Å². The van der Waals surface area contributed by atoms with Gasteiger partial charge in [0.1, 0.15) is 6.04 Å². The third-order valence-electron chi connectivity index (χ3n) is 3.14. The van der Waals surface area contributed by atoms with Gasteiger partial charge >= 0.3 is 0 Å². The maximum absolute atomic E-state index is 13.6. The molecule has 0 heterocycles. The van der Waals surface area contributed by atoms with Gasteiger partial charge in [-0.25, -0.2) is 4.39 Å². The van der Waals surface area contributed by atoms with Crippen molar-refractivity contribution in [3.8, 4) is 5.75 Å². The number of hydrogen-bond donors (Lipinski definition) is 2. The molecule has 1 atom stereocenters. The van der Waals surface area contributed by atoms with E-state index in [9.17, 15) is 9.18 Å². The molecule has 5 heteroatoms. The van der Waals surface area contributed by atoms with Gasteiger partial charge in [0, 0.05) is 11.8 Å². The lowest BCUT2D eigenvalue weighted by molar-refractivity contribution is -0.117. The van der Waals surface area contributed by atoms with Crippen LogP contribution in [0.5, 0.6) is 5.75 Å². The second-order valence-electron chi connectivity index (χ2n) is 4.73. The fourth-order valence-corrected chi connectivity index (χ4v) is 1.89. The summed E-state index contributed by atoms with van der Waals surface area (Å²) in [4.78, 5) is 12.1. The molecule has 1 unspecified atom stereocenters. The Kier molecular flexibility index (Phi) is 4.55. The van der Waals surface area contributed by atoms with Crippen LogP contribution in [0.25, 0.3) is 0 Å². The SMILES string of the molecule is COc1ccc(NC(=O)C(N)c2ccc(C)cc2)cc1F. The number of nitrogens with two attached hydrogens (primary N) is 1. The first-order valence-corrected chi connectivity index (χ1v) is 6.48. The highest BCUT2D eigenvalue weighted by Gasteiger charge is 2.16. The first-order valence-electron chi connectivity index (χ1n) is 6.48. The van der Waals surface area contributed by atoms with Crippen molar-refractivity contribution in [1.82, 2.24) is 0 Å². The fraction of sp³-hybridized carbons (Fsp3) is 0.188. The third-order valence-corrected chi connectivity index (χ3v) is 3.14. The molecule has 0 radical (unpaired) electrons. The van der Waals surface area contributed by atoms with E-state index in [4.69, 9.17) is 10.5 Å². The summed E-state index contributed by atoms with van der Waals surface area (Å²) in [5.41, 5.74) is 8.02. The Labute approximate surface area is 122 Å². The third kappa shape index (κ3) is 3.58. The first-order chi connectivity index (χ1) is 10.0. The van der Waals surface area contributed by atoms with Crippen LogP contribution in [0, 0.1) is 12.7 Å². The second kappa shape index (κ2) is 6.37. The molecule has 2 rings (SSSR count). The average molecular weight is 288 g/mol. The van der Waals surface area contributed by atoms with Crippen molar-refractivity contribution >= 4 is 11.6 Å². The van der Waals surface area contributed by atoms with Gasteiger partial charge < -0.3 is 15.8 Å². The molecule has 0 saturated carbocycles. The molecular weight excluding hydrogens is 271 g/mol. The maximum Gasteiger partial charge on any atom is 0.245 e. The van der Waals surface area contributed by atoms with E-state index in [0.717, 1.165) is 5.56 Å². The minimum absolute atomic E-state index is 0.121. The van der Waals surface area contributed by atoms with Gasteiger partial charge in [0.25, 0.3) is 0 Å². The largest absolute Gasteiger partial charge is 0.494 e. The normalized spacial score (nSPS) is 11.8. The summed E-state index contributed by atoms with van der Waals surface area (Å²) in [6.45, 7) is 1.95. The van der Waals surface area contributed by atoms with Gasteiger partial charge in [-0.05, 0) is 24.6 Å². The molecule has 3 N–H and O–H groups in total. The lowest BCUT2D eigenvalue weighted by atomic mass is 10.1. The predicted octanol–water partition coefficient (Wildman–Crippen LogP) is 2.78. The standard InChI is InChI=1S/C16H17FN2O2/c1-10-3-5-11(6-4-10)15(18)16(20)19-12-7-8-14(21-2)13(17)9-12/h3-9,15H,18H2,1-2H3,(H,19,20). The molecule has 0 aliphatic heterocycles.